The SMILES string of the molecule is CO[C@@H]1C[C@H](C[C@@H](C)[C@@H]2CC(=O)[C@H](C)/C=C(\C)[C@@H](O)[C@@H](OC)C(=O)[C@H](C)C[C@H](C)/C=C/C=C/C=C(\C)[C@H](C[C@@H]3C[C@H]4C(=O)N(CCO)C(=O)N4C3)C[C@@H]3CC[C@@H](C)[C@@](O)(O3)C(=O)C(=O)N3CCCC[C@H]3C(=O)O2)CC[C@H]1O. The number of ether oxygens (including phenoxy) is 4. The van der Waals surface area contributed by atoms with Crippen LogP contribution in [0.3, 0.4) is 0 Å². The van der Waals surface area contributed by atoms with Crippen LogP contribution in [0, 0.1) is 47.3 Å². The molecule has 5 aliphatic heterocycles. The number of cyclic esters (lactones) is 1. The van der Waals surface area contributed by atoms with Crippen molar-refractivity contribution in [1.29, 1.82) is 0 Å². The van der Waals surface area contributed by atoms with E-state index in [4.69, 9.17) is 18.9 Å². The summed E-state index contributed by atoms with van der Waals surface area (Å²) in [6.07, 6.45) is 12.1. The molecule has 1 saturated carbocycles. The average molecular weight is 1080 g/mol. The van der Waals surface area contributed by atoms with Crippen molar-refractivity contribution in [2.45, 2.75) is 193 Å². The highest BCUT2D eigenvalue weighted by Gasteiger charge is 2.54. The molecule has 0 radical (unpaired) electrons. The van der Waals surface area contributed by atoms with E-state index >= 15 is 0 Å². The lowest BCUT2D eigenvalue weighted by Crippen LogP contribution is -2.60. The predicted octanol–water partition coefficient (Wildman–Crippen LogP) is 5.82. The van der Waals surface area contributed by atoms with Crippen LogP contribution in [0.4, 0.5) is 4.79 Å². The number of fused-ring (bicyclic) bond motifs is 4. The number of ketones is 3. The van der Waals surface area contributed by atoms with Gasteiger partial charge in [-0.25, -0.2) is 9.59 Å². The third kappa shape index (κ3) is 14.9. The van der Waals surface area contributed by atoms with Gasteiger partial charge in [-0.05, 0) is 132 Å². The van der Waals surface area contributed by atoms with Gasteiger partial charge in [0.15, 0.2) is 5.78 Å². The number of urea groups is 1. The zero-order chi connectivity index (χ0) is 56.5. The lowest BCUT2D eigenvalue weighted by molar-refractivity contribution is -0.264. The number of methoxy groups -OCH3 is 2. The van der Waals surface area contributed by atoms with Crippen LogP contribution in [0.25, 0.3) is 0 Å². The molecule has 18 nitrogen and oxygen atoms in total. The fourth-order valence-corrected chi connectivity index (χ4v) is 12.9. The van der Waals surface area contributed by atoms with Crippen LogP contribution < -0.4 is 0 Å². The van der Waals surface area contributed by atoms with Crippen LogP contribution in [0.15, 0.2) is 47.6 Å². The fraction of sp³-hybridized carbons (Fsp3) is 0.746. The van der Waals surface area contributed by atoms with E-state index in [1.54, 1.807) is 45.8 Å². The molecule has 0 aromatic rings. The van der Waals surface area contributed by atoms with E-state index in [1.165, 1.54) is 12.0 Å². The molecule has 2 bridgehead atoms. The number of rotatable bonds is 9. The summed E-state index contributed by atoms with van der Waals surface area (Å²) in [6, 6.07) is -2.24. The number of Topliss-reactive ketones (excluding diaryl/α,β-unsaturated/α-hetero) is 3. The summed E-state index contributed by atoms with van der Waals surface area (Å²) in [5.74, 6) is -9.08. The van der Waals surface area contributed by atoms with Gasteiger partial charge in [0.1, 0.15) is 36.2 Å². The zero-order valence-electron chi connectivity index (χ0n) is 47.1. The van der Waals surface area contributed by atoms with Crippen molar-refractivity contribution >= 4 is 41.2 Å². The van der Waals surface area contributed by atoms with Gasteiger partial charge in [-0.1, -0.05) is 76.6 Å². The fourth-order valence-electron chi connectivity index (χ4n) is 12.9. The van der Waals surface area contributed by atoms with E-state index in [0.717, 1.165) is 10.5 Å². The van der Waals surface area contributed by atoms with Crippen molar-refractivity contribution in [2.75, 3.05) is 40.5 Å². The zero-order valence-corrected chi connectivity index (χ0v) is 47.1. The van der Waals surface area contributed by atoms with Gasteiger partial charge in [0.25, 0.3) is 17.6 Å². The van der Waals surface area contributed by atoms with Crippen LogP contribution in [-0.4, -0.2) is 171 Å². The van der Waals surface area contributed by atoms with E-state index in [9.17, 15) is 54.0 Å². The average Bonchev–Trinajstić information content (AvgIpc) is 3.95. The molecule has 5 fully saturated rings. The molecular formula is C59H89N3O15. The first-order valence-corrected chi connectivity index (χ1v) is 28.4. The first-order chi connectivity index (χ1) is 36.5. The Balaban J connectivity index is 1.31. The molecule has 6 aliphatic rings. The molecule has 0 aromatic carbocycles. The Morgan fingerprint density at radius 2 is 1.56 bits per heavy atom. The van der Waals surface area contributed by atoms with Crippen molar-refractivity contribution in [3.8, 4) is 0 Å². The predicted molar refractivity (Wildman–Crippen MR) is 285 cm³/mol. The molecule has 5 heterocycles. The van der Waals surface area contributed by atoms with E-state index in [0.29, 0.717) is 89.2 Å². The number of hydrogen-bond donors (Lipinski definition) is 4. The van der Waals surface area contributed by atoms with Crippen LogP contribution >= 0.6 is 0 Å². The topological polar surface area (TPSA) is 247 Å². The minimum Gasteiger partial charge on any atom is -0.460 e. The molecule has 0 aromatic heterocycles. The number of carbonyl (C=O) groups excluding carboxylic acids is 7. The van der Waals surface area contributed by atoms with Gasteiger partial charge < -0.3 is 49.2 Å². The summed E-state index contributed by atoms with van der Waals surface area (Å²) in [6.45, 7) is 12.6. The smallest absolute Gasteiger partial charge is 0.329 e. The second kappa shape index (κ2) is 27.6. The molecule has 4 saturated heterocycles. The number of β-amino-alcohol motifs (C(OH)–C–C–N with tert-alkyl or cyclic N) is 1. The number of aliphatic hydroxyl groups excluding tert-OH is 3. The van der Waals surface area contributed by atoms with Gasteiger partial charge >= 0.3 is 12.0 Å². The Kier molecular flexibility index (Phi) is 22.2. The number of imide groups is 1. The molecule has 18 heteroatoms. The standard InChI is InChI=1S/C59H89N3O15/c1-34-15-11-10-12-16-35(2)43(28-42-29-46-55(69)61(23-24-63)58(72)62(46)33-42)31-44-20-18-40(7)59(73,77-44)54(68)56(70)60-22-14-13-17-45(60)57(71)76-49(37(4)27-41-19-21-47(64)50(30-41)74-8)32-48(65)36(3)26-39(6)52(67)53(75-9)51(66)38(5)25-34/h10-12,15-16,26,34,36-38,40-47,49-50,52-53,63-64,67,73H,13-14,17-25,27-33H2,1-9H3/b12-10+,15-11+,35-16+,39-26+/t34-,36-,37-,38-,40-,41+,42-,43-,44+,45+,46+,47-,49+,50-,52-,53+,59-/m1/s1. The number of piperidine rings is 1. The highest BCUT2D eigenvalue weighted by Crippen LogP contribution is 2.42. The molecule has 17 atom stereocenters. The highest BCUT2D eigenvalue weighted by atomic mass is 16.6. The summed E-state index contributed by atoms with van der Waals surface area (Å²) >= 11 is 0. The van der Waals surface area contributed by atoms with Gasteiger partial charge in [0.2, 0.25) is 5.79 Å². The van der Waals surface area contributed by atoms with Crippen LogP contribution in [0.1, 0.15) is 138 Å². The van der Waals surface area contributed by atoms with Gasteiger partial charge in [0.05, 0.1) is 31.5 Å². The molecular weight excluding hydrogens is 991 g/mol. The van der Waals surface area contributed by atoms with Crippen molar-refractivity contribution in [1.82, 2.24) is 14.7 Å². The van der Waals surface area contributed by atoms with Crippen LogP contribution in [-0.2, 0) is 47.7 Å². The Labute approximate surface area is 455 Å². The van der Waals surface area contributed by atoms with E-state index < -0.39 is 89.8 Å². The number of allylic oxidation sites excluding steroid dienone is 7. The number of carbonyl (C=O) groups is 7. The Morgan fingerprint density at radius 3 is 2.25 bits per heavy atom. The molecule has 6 rings (SSSR count). The Bertz CT molecular complexity index is 2220. The maximum atomic E-state index is 14.6. The van der Waals surface area contributed by atoms with E-state index in [1.807, 2.05) is 51.2 Å². The lowest BCUT2D eigenvalue weighted by Gasteiger charge is -2.43. The monoisotopic (exact) mass is 1080 g/mol. The van der Waals surface area contributed by atoms with Crippen molar-refractivity contribution in [3.63, 3.8) is 0 Å². The largest absolute Gasteiger partial charge is 0.460 e. The van der Waals surface area contributed by atoms with Crippen molar-refractivity contribution in [2.24, 2.45) is 47.3 Å². The quantitative estimate of drug-likeness (QED) is 0.0920. The van der Waals surface area contributed by atoms with E-state index in [2.05, 4.69) is 0 Å². The number of aliphatic hydroxyl groups is 4. The normalized spacial score (nSPS) is 39.8. The number of nitrogens with zero attached hydrogens (tertiary/aromatic N) is 3. The number of esters is 1. The first kappa shape index (κ1) is 61.8. The molecule has 1 aliphatic carbocycles. The number of amides is 4. The summed E-state index contributed by atoms with van der Waals surface area (Å²) in [5.41, 5.74) is 1.32. The summed E-state index contributed by atoms with van der Waals surface area (Å²) < 4.78 is 23.9. The second-order valence-electron chi connectivity index (χ2n) is 23.6. The summed E-state index contributed by atoms with van der Waals surface area (Å²) in [7, 11) is 2.92. The lowest BCUT2D eigenvalue weighted by atomic mass is 9.78. The van der Waals surface area contributed by atoms with Gasteiger partial charge in [0, 0.05) is 51.5 Å². The molecule has 0 spiro atoms. The van der Waals surface area contributed by atoms with Gasteiger partial charge in [-0.3, -0.25) is 28.9 Å². The van der Waals surface area contributed by atoms with Crippen molar-refractivity contribution < 1.29 is 72.9 Å². The second-order valence-corrected chi connectivity index (χ2v) is 23.6. The Hall–Kier alpha value is -4.43. The van der Waals surface area contributed by atoms with Crippen LogP contribution in [0.5, 0.6) is 0 Å². The first-order valence-electron chi connectivity index (χ1n) is 28.4. The number of hydrogen-bond acceptors (Lipinski definition) is 15. The van der Waals surface area contributed by atoms with Crippen molar-refractivity contribution in [3.05, 3.63) is 47.6 Å². The molecule has 4 N–H and O–H groups in total. The third-order valence-electron chi connectivity index (χ3n) is 17.8. The molecule has 77 heavy (non-hydrogen) atoms. The maximum absolute atomic E-state index is 14.6. The minimum atomic E-state index is -2.51. The Morgan fingerprint density at radius 1 is 0.818 bits per heavy atom. The molecule has 4 amide bonds. The third-order valence-corrected chi connectivity index (χ3v) is 17.8. The summed E-state index contributed by atoms with van der Waals surface area (Å²) in [4.78, 5) is 102. The van der Waals surface area contributed by atoms with E-state index in [-0.39, 0.29) is 85.7 Å². The van der Waals surface area contributed by atoms with Gasteiger partial charge in [-0.15, -0.1) is 0 Å². The summed E-state index contributed by atoms with van der Waals surface area (Å²) in [5, 5.41) is 43.9. The van der Waals surface area contributed by atoms with Gasteiger partial charge in [-0.2, -0.15) is 0 Å². The molecule has 430 valence electrons. The highest BCUT2D eigenvalue weighted by molar-refractivity contribution is 6.39. The maximum Gasteiger partial charge on any atom is 0.329 e. The van der Waals surface area contributed by atoms with Crippen LogP contribution in [0.2, 0.25) is 0 Å². The molecule has 0 unspecified atom stereocenters. The minimum absolute atomic E-state index is 0.0394.